The molecule has 0 aliphatic carbocycles. The van der Waals surface area contributed by atoms with Gasteiger partial charge in [-0.1, -0.05) is 0 Å². The first kappa shape index (κ1) is 8.77. The summed E-state index contributed by atoms with van der Waals surface area (Å²) in [6.07, 6.45) is 3.69. The molecule has 0 saturated heterocycles. The second-order valence-electron chi connectivity index (χ2n) is 2.55. The van der Waals surface area contributed by atoms with Crippen LogP contribution in [0, 0.1) is 0 Å². The first-order valence-corrected chi connectivity index (χ1v) is 6.50. The van der Waals surface area contributed by atoms with Gasteiger partial charge in [0.2, 0.25) is 0 Å². The molecule has 0 spiro atoms. The Morgan fingerprint density at radius 2 is 1.31 bits per heavy atom. The SMILES string of the molecule is c1cc[c]([Zr][c]2ccccn2)nc1. The average Bonchev–Trinajstić information content (AvgIpc) is 2.21. The molecule has 0 unspecified atom stereocenters. The van der Waals surface area contributed by atoms with E-state index in [-0.39, 0.29) is 0 Å². The standard InChI is InChI=1S/2C5H4N.Zr/c2*1-2-4-6-5-3-1;/h2*1-4H;. The van der Waals surface area contributed by atoms with Gasteiger partial charge in [-0.05, 0) is 0 Å². The molecule has 2 heterocycles. The van der Waals surface area contributed by atoms with Crippen molar-refractivity contribution < 1.29 is 23.2 Å². The van der Waals surface area contributed by atoms with E-state index in [1.807, 2.05) is 36.7 Å². The van der Waals surface area contributed by atoms with Crippen LogP contribution in [-0.2, 0) is 23.2 Å². The van der Waals surface area contributed by atoms with E-state index in [0.717, 1.165) is 0 Å². The van der Waals surface area contributed by atoms with Crippen molar-refractivity contribution in [3.05, 3.63) is 48.8 Å². The summed E-state index contributed by atoms with van der Waals surface area (Å²) in [6.45, 7) is 0. The average molecular weight is 247 g/mol. The maximum atomic E-state index is 4.31. The molecule has 0 aliphatic rings. The zero-order chi connectivity index (χ0) is 8.93. The summed E-state index contributed by atoms with van der Waals surface area (Å²) in [6, 6.07) is 12.1. The van der Waals surface area contributed by atoms with Gasteiger partial charge in [0.05, 0.1) is 0 Å². The predicted octanol–water partition coefficient (Wildman–Crippen LogP) is 0.510. The minimum absolute atomic E-state index is 0.739. The van der Waals surface area contributed by atoms with E-state index >= 15 is 0 Å². The molecule has 2 rings (SSSR count). The zero-order valence-corrected chi connectivity index (χ0v) is 9.47. The van der Waals surface area contributed by atoms with Crippen LogP contribution in [0.5, 0.6) is 0 Å². The number of hydrogen-bond donors (Lipinski definition) is 0. The first-order chi connectivity index (χ1) is 6.45. The van der Waals surface area contributed by atoms with Crippen molar-refractivity contribution in [1.29, 1.82) is 0 Å². The molecule has 0 bridgehead atoms. The molecule has 13 heavy (non-hydrogen) atoms. The van der Waals surface area contributed by atoms with Gasteiger partial charge in [0, 0.05) is 0 Å². The van der Waals surface area contributed by atoms with Crippen molar-refractivity contribution in [2.75, 3.05) is 0 Å². The molecule has 0 aliphatic heterocycles. The minimum atomic E-state index is -0.739. The Kier molecular flexibility index (Phi) is 2.99. The summed E-state index contributed by atoms with van der Waals surface area (Å²) >= 11 is -0.739. The number of nitrogens with zero attached hydrogens (tertiary/aromatic N) is 2. The Bertz CT molecular complexity index is 324. The van der Waals surface area contributed by atoms with Crippen molar-refractivity contribution in [3.63, 3.8) is 0 Å². The Balaban J connectivity index is 2.16. The topological polar surface area (TPSA) is 25.8 Å². The molecule has 0 radical (unpaired) electrons. The van der Waals surface area contributed by atoms with Crippen molar-refractivity contribution in [3.8, 4) is 0 Å². The molecule has 0 fully saturated rings. The zero-order valence-electron chi connectivity index (χ0n) is 7.01. The van der Waals surface area contributed by atoms with Crippen LogP contribution in [0.25, 0.3) is 0 Å². The molecular weight excluding hydrogens is 239 g/mol. The van der Waals surface area contributed by atoms with Crippen LogP contribution in [0.3, 0.4) is 0 Å². The van der Waals surface area contributed by atoms with Crippen LogP contribution in [-0.4, -0.2) is 9.97 Å². The number of rotatable bonds is 2. The molecule has 62 valence electrons. The summed E-state index contributed by atoms with van der Waals surface area (Å²) < 4.78 is 2.45. The molecule has 0 atom stereocenters. The van der Waals surface area contributed by atoms with Gasteiger partial charge in [-0.15, -0.1) is 0 Å². The fourth-order valence-corrected chi connectivity index (χ4v) is 3.22. The van der Waals surface area contributed by atoms with E-state index in [2.05, 4.69) is 22.1 Å². The van der Waals surface area contributed by atoms with Gasteiger partial charge in [0.15, 0.2) is 0 Å². The van der Waals surface area contributed by atoms with Crippen LogP contribution < -0.4 is 6.80 Å². The van der Waals surface area contributed by atoms with Gasteiger partial charge in [-0.3, -0.25) is 0 Å². The summed E-state index contributed by atoms with van der Waals surface area (Å²) in [5.41, 5.74) is 0. The molecule has 0 N–H and O–H groups in total. The van der Waals surface area contributed by atoms with E-state index in [0.29, 0.717) is 0 Å². The third kappa shape index (κ3) is 2.56. The Labute approximate surface area is 88.6 Å². The van der Waals surface area contributed by atoms with Gasteiger partial charge in [0.25, 0.3) is 0 Å². The summed E-state index contributed by atoms with van der Waals surface area (Å²) in [4.78, 5) is 8.62. The monoisotopic (exact) mass is 246 g/mol. The van der Waals surface area contributed by atoms with Crippen LogP contribution >= 0.6 is 0 Å². The molecule has 3 heteroatoms. The van der Waals surface area contributed by atoms with E-state index in [1.165, 1.54) is 6.80 Å². The van der Waals surface area contributed by atoms with Gasteiger partial charge >= 0.3 is 88.8 Å². The fourth-order valence-electron chi connectivity index (χ4n) is 1.00. The van der Waals surface area contributed by atoms with Gasteiger partial charge < -0.3 is 0 Å². The van der Waals surface area contributed by atoms with E-state index in [1.54, 1.807) is 0 Å². The van der Waals surface area contributed by atoms with Gasteiger partial charge in [-0.25, -0.2) is 0 Å². The second-order valence-corrected chi connectivity index (χ2v) is 5.69. The van der Waals surface area contributed by atoms with Crippen molar-refractivity contribution in [1.82, 2.24) is 9.97 Å². The van der Waals surface area contributed by atoms with Crippen LogP contribution in [0.1, 0.15) is 0 Å². The molecule has 2 aromatic rings. The van der Waals surface area contributed by atoms with Crippen molar-refractivity contribution in [2.24, 2.45) is 0 Å². The summed E-state index contributed by atoms with van der Waals surface area (Å²) in [5.74, 6) is 0. The Morgan fingerprint density at radius 3 is 1.69 bits per heavy atom. The number of hydrogen-bond acceptors (Lipinski definition) is 2. The van der Waals surface area contributed by atoms with Crippen molar-refractivity contribution >= 4 is 6.80 Å². The van der Waals surface area contributed by atoms with Crippen LogP contribution in [0.4, 0.5) is 0 Å². The maximum absolute atomic E-state index is 4.31. The molecule has 0 amide bonds. The predicted molar refractivity (Wildman–Crippen MR) is 47.7 cm³/mol. The summed E-state index contributed by atoms with van der Waals surface area (Å²) in [7, 11) is 0. The van der Waals surface area contributed by atoms with E-state index in [9.17, 15) is 0 Å². The number of pyridine rings is 2. The first-order valence-electron chi connectivity index (χ1n) is 4.04. The molecular formula is C10H8N2Zr. The fraction of sp³-hybridized carbons (Fsp3) is 0. The Hall–Kier alpha value is -0.817. The van der Waals surface area contributed by atoms with E-state index < -0.39 is 23.2 Å². The second kappa shape index (κ2) is 4.43. The third-order valence-electron chi connectivity index (χ3n) is 1.59. The van der Waals surface area contributed by atoms with Gasteiger partial charge in [0.1, 0.15) is 0 Å². The molecule has 0 aromatic carbocycles. The molecule has 0 saturated carbocycles. The molecule has 2 aromatic heterocycles. The van der Waals surface area contributed by atoms with Crippen LogP contribution in [0.15, 0.2) is 48.8 Å². The van der Waals surface area contributed by atoms with E-state index in [4.69, 9.17) is 0 Å². The number of aromatic nitrogens is 2. The Morgan fingerprint density at radius 1 is 0.769 bits per heavy atom. The normalized spacial score (nSPS) is 9.54. The summed E-state index contributed by atoms with van der Waals surface area (Å²) in [5, 5.41) is 0. The third-order valence-corrected chi connectivity index (χ3v) is 4.30. The van der Waals surface area contributed by atoms with Crippen LogP contribution in [0.2, 0.25) is 0 Å². The quantitative estimate of drug-likeness (QED) is 0.773. The van der Waals surface area contributed by atoms with Gasteiger partial charge in [-0.2, -0.15) is 0 Å². The molecule has 2 nitrogen and oxygen atoms in total. The van der Waals surface area contributed by atoms with Crippen molar-refractivity contribution in [2.45, 2.75) is 0 Å².